The van der Waals surface area contributed by atoms with Crippen molar-refractivity contribution >= 4 is 18.3 Å². The second kappa shape index (κ2) is 9.69. The van der Waals surface area contributed by atoms with Gasteiger partial charge in [-0.25, -0.2) is 4.39 Å². The Bertz CT molecular complexity index is 732. The van der Waals surface area contributed by atoms with Crippen molar-refractivity contribution < 1.29 is 18.7 Å². The monoisotopic (exact) mass is 394 g/mol. The summed E-state index contributed by atoms with van der Waals surface area (Å²) in [4.78, 5) is 12.6. The molecule has 2 aromatic carbocycles. The molecule has 0 unspecified atom stereocenters. The van der Waals surface area contributed by atoms with Crippen molar-refractivity contribution in [3.05, 3.63) is 59.9 Å². The summed E-state index contributed by atoms with van der Waals surface area (Å²) in [5.41, 5.74) is 6.29. The van der Waals surface area contributed by atoms with Crippen LogP contribution in [0.1, 0.15) is 18.4 Å². The second-order valence-electron chi connectivity index (χ2n) is 6.48. The number of ether oxygens (including phenoxy) is 2. The summed E-state index contributed by atoms with van der Waals surface area (Å²) in [5.74, 6) is 0.893. The van der Waals surface area contributed by atoms with Crippen molar-refractivity contribution in [3.63, 3.8) is 0 Å². The smallest absolute Gasteiger partial charge is 0.227 e. The summed E-state index contributed by atoms with van der Waals surface area (Å²) >= 11 is 0. The van der Waals surface area contributed by atoms with Crippen LogP contribution in [0.2, 0.25) is 0 Å². The van der Waals surface area contributed by atoms with Gasteiger partial charge in [0.25, 0.3) is 0 Å². The van der Waals surface area contributed by atoms with Gasteiger partial charge in [0.2, 0.25) is 5.91 Å². The molecule has 0 aromatic heterocycles. The fraction of sp³-hybridized carbons (Fsp3) is 0.350. The summed E-state index contributed by atoms with van der Waals surface area (Å²) < 4.78 is 23.9. The van der Waals surface area contributed by atoms with Crippen LogP contribution in [0.5, 0.6) is 11.5 Å². The van der Waals surface area contributed by atoms with Gasteiger partial charge in [0.05, 0.1) is 5.41 Å². The van der Waals surface area contributed by atoms with Gasteiger partial charge in [-0.3, -0.25) is 4.79 Å². The molecule has 1 saturated heterocycles. The summed E-state index contributed by atoms with van der Waals surface area (Å²) in [7, 11) is 0. The Hall–Kier alpha value is -2.15. The number of benzene rings is 2. The van der Waals surface area contributed by atoms with Crippen molar-refractivity contribution in [1.82, 2.24) is 5.32 Å². The zero-order valence-corrected chi connectivity index (χ0v) is 15.8. The Labute approximate surface area is 164 Å². The van der Waals surface area contributed by atoms with Crippen LogP contribution in [-0.4, -0.2) is 25.7 Å². The lowest BCUT2D eigenvalue weighted by atomic mass is 9.79. The summed E-state index contributed by atoms with van der Waals surface area (Å²) in [6, 6.07) is 13.3. The maximum atomic E-state index is 12.9. The average molecular weight is 395 g/mol. The van der Waals surface area contributed by atoms with Gasteiger partial charge in [0, 0.05) is 26.3 Å². The molecular formula is C20H24ClFN2O3. The van der Waals surface area contributed by atoms with E-state index < -0.39 is 5.41 Å². The van der Waals surface area contributed by atoms with Crippen LogP contribution in [-0.2, 0) is 16.1 Å². The molecule has 1 aliphatic heterocycles. The van der Waals surface area contributed by atoms with Gasteiger partial charge >= 0.3 is 0 Å². The largest absolute Gasteiger partial charge is 0.457 e. The Balaban J connectivity index is 0.00000261. The van der Waals surface area contributed by atoms with Crippen molar-refractivity contribution in [3.8, 4) is 11.5 Å². The molecule has 2 aromatic rings. The molecule has 1 amide bonds. The second-order valence-corrected chi connectivity index (χ2v) is 6.48. The van der Waals surface area contributed by atoms with E-state index in [4.69, 9.17) is 15.2 Å². The standard InChI is InChI=1S/C20H23FN2O3.ClH/c21-16-3-7-18(8-4-16)26-17-5-1-15(2-6-17)13-23-19(24)20(14-22)9-11-25-12-10-20;/h1-8H,9-14,22H2,(H,23,24);1H. The Morgan fingerprint density at radius 3 is 2.19 bits per heavy atom. The molecule has 3 N–H and O–H groups in total. The minimum absolute atomic E-state index is 0. The van der Waals surface area contributed by atoms with Crippen molar-refractivity contribution in [2.45, 2.75) is 19.4 Å². The molecule has 0 radical (unpaired) electrons. The fourth-order valence-corrected chi connectivity index (χ4v) is 2.97. The molecule has 0 aliphatic carbocycles. The van der Waals surface area contributed by atoms with Gasteiger partial charge in [0.1, 0.15) is 17.3 Å². The third-order valence-corrected chi connectivity index (χ3v) is 4.75. The van der Waals surface area contributed by atoms with E-state index >= 15 is 0 Å². The predicted molar refractivity (Wildman–Crippen MR) is 104 cm³/mol. The number of nitrogens with two attached hydrogens (primary N) is 1. The molecule has 1 heterocycles. The van der Waals surface area contributed by atoms with Gasteiger partial charge < -0.3 is 20.5 Å². The average Bonchev–Trinajstić information content (AvgIpc) is 2.69. The van der Waals surface area contributed by atoms with Crippen LogP contribution >= 0.6 is 12.4 Å². The van der Waals surface area contributed by atoms with Crippen LogP contribution in [0.25, 0.3) is 0 Å². The maximum absolute atomic E-state index is 12.9. The Morgan fingerprint density at radius 2 is 1.63 bits per heavy atom. The Morgan fingerprint density at radius 1 is 1.07 bits per heavy atom. The molecule has 0 spiro atoms. The highest BCUT2D eigenvalue weighted by atomic mass is 35.5. The number of nitrogens with one attached hydrogen (secondary N) is 1. The highest BCUT2D eigenvalue weighted by Crippen LogP contribution is 2.29. The minimum atomic E-state index is -0.524. The fourth-order valence-electron chi connectivity index (χ4n) is 2.97. The lowest BCUT2D eigenvalue weighted by molar-refractivity contribution is -0.136. The number of halogens is 2. The van der Waals surface area contributed by atoms with Gasteiger partial charge in [-0.1, -0.05) is 12.1 Å². The minimum Gasteiger partial charge on any atom is -0.457 e. The van der Waals surface area contributed by atoms with Crippen molar-refractivity contribution in [2.75, 3.05) is 19.8 Å². The number of carbonyl (C=O) groups excluding carboxylic acids is 1. The molecule has 146 valence electrons. The number of carbonyl (C=O) groups is 1. The number of amides is 1. The lowest BCUT2D eigenvalue weighted by Gasteiger charge is -2.34. The number of hydrogen-bond acceptors (Lipinski definition) is 4. The number of rotatable bonds is 6. The van der Waals surface area contributed by atoms with E-state index in [1.54, 1.807) is 12.1 Å². The maximum Gasteiger partial charge on any atom is 0.227 e. The van der Waals surface area contributed by atoms with Crippen LogP contribution in [0.15, 0.2) is 48.5 Å². The highest BCUT2D eigenvalue weighted by molar-refractivity contribution is 5.85. The molecule has 0 atom stereocenters. The third kappa shape index (κ3) is 5.42. The van der Waals surface area contributed by atoms with E-state index in [0.717, 1.165) is 5.56 Å². The number of hydrogen-bond donors (Lipinski definition) is 2. The third-order valence-electron chi connectivity index (χ3n) is 4.75. The van der Waals surface area contributed by atoms with Gasteiger partial charge in [-0.15, -0.1) is 12.4 Å². The van der Waals surface area contributed by atoms with Crippen LogP contribution in [0, 0.1) is 11.2 Å². The first kappa shape index (κ1) is 21.2. The van der Waals surface area contributed by atoms with Gasteiger partial charge in [0.15, 0.2) is 0 Å². The molecule has 0 saturated carbocycles. The van der Waals surface area contributed by atoms with Crippen molar-refractivity contribution in [1.29, 1.82) is 0 Å². The lowest BCUT2D eigenvalue weighted by Crippen LogP contribution is -2.48. The molecule has 5 nitrogen and oxygen atoms in total. The zero-order chi connectivity index (χ0) is 18.4. The van der Waals surface area contributed by atoms with E-state index in [9.17, 15) is 9.18 Å². The van der Waals surface area contributed by atoms with E-state index in [0.29, 0.717) is 50.6 Å². The molecule has 1 aliphatic rings. The molecule has 7 heteroatoms. The Kier molecular flexibility index (Phi) is 7.59. The highest BCUT2D eigenvalue weighted by Gasteiger charge is 2.38. The molecule has 1 fully saturated rings. The quantitative estimate of drug-likeness (QED) is 0.787. The topological polar surface area (TPSA) is 73.6 Å². The van der Waals surface area contributed by atoms with Gasteiger partial charge in [-0.2, -0.15) is 0 Å². The van der Waals surface area contributed by atoms with Gasteiger partial charge in [-0.05, 0) is 54.8 Å². The zero-order valence-electron chi connectivity index (χ0n) is 14.9. The van der Waals surface area contributed by atoms with E-state index in [1.165, 1.54) is 12.1 Å². The SMILES string of the molecule is Cl.NCC1(C(=O)NCc2ccc(Oc3ccc(F)cc3)cc2)CCOCC1. The molecule has 0 bridgehead atoms. The van der Waals surface area contributed by atoms with Crippen LogP contribution < -0.4 is 15.8 Å². The van der Waals surface area contributed by atoms with Crippen LogP contribution in [0.3, 0.4) is 0 Å². The van der Waals surface area contributed by atoms with E-state index in [1.807, 2.05) is 24.3 Å². The molecular weight excluding hydrogens is 371 g/mol. The molecule has 3 rings (SSSR count). The van der Waals surface area contributed by atoms with E-state index in [-0.39, 0.29) is 24.1 Å². The molecule has 27 heavy (non-hydrogen) atoms. The summed E-state index contributed by atoms with van der Waals surface area (Å²) in [6.07, 6.45) is 1.31. The summed E-state index contributed by atoms with van der Waals surface area (Å²) in [5, 5.41) is 2.98. The van der Waals surface area contributed by atoms with Crippen LogP contribution in [0.4, 0.5) is 4.39 Å². The van der Waals surface area contributed by atoms with Crippen molar-refractivity contribution in [2.24, 2.45) is 11.1 Å². The summed E-state index contributed by atoms with van der Waals surface area (Å²) in [6.45, 7) is 1.89. The normalized spacial score (nSPS) is 15.5. The van der Waals surface area contributed by atoms with E-state index in [2.05, 4.69) is 5.32 Å². The first-order valence-corrected chi connectivity index (χ1v) is 8.70. The predicted octanol–water partition coefficient (Wildman–Crippen LogP) is 3.41. The first-order chi connectivity index (χ1) is 12.6. The first-order valence-electron chi connectivity index (χ1n) is 8.70.